The number of carbonyl (C=O) groups is 1. The van der Waals surface area contributed by atoms with E-state index in [2.05, 4.69) is 4.90 Å². The van der Waals surface area contributed by atoms with E-state index in [4.69, 9.17) is 5.11 Å². The van der Waals surface area contributed by atoms with Gasteiger partial charge in [-0.2, -0.15) is 0 Å². The Morgan fingerprint density at radius 3 is 2.37 bits per heavy atom. The first kappa shape index (κ1) is 13.4. The molecule has 1 spiro atoms. The molecule has 2 aliphatic carbocycles. The van der Waals surface area contributed by atoms with Crippen molar-refractivity contribution in [1.82, 2.24) is 4.90 Å². The number of carboxylic acid groups (broad SMARTS) is 1. The third-order valence-corrected chi connectivity index (χ3v) is 5.98. The second-order valence-electron chi connectivity index (χ2n) is 7.07. The van der Waals surface area contributed by atoms with Crippen LogP contribution in [0.4, 0.5) is 0 Å². The van der Waals surface area contributed by atoms with Crippen LogP contribution in [0.1, 0.15) is 70.6 Å². The first-order valence-electron chi connectivity index (χ1n) is 8.16. The number of rotatable bonds is 3. The van der Waals surface area contributed by atoms with Gasteiger partial charge in [-0.15, -0.1) is 0 Å². The van der Waals surface area contributed by atoms with E-state index in [1.807, 2.05) is 0 Å². The van der Waals surface area contributed by atoms with Crippen LogP contribution < -0.4 is 0 Å². The van der Waals surface area contributed by atoms with E-state index in [1.165, 1.54) is 57.8 Å². The van der Waals surface area contributed by atoms with Crippen LogP contribution >= 0.6 is 0 Å². The fraction of sp³-hybridized carbons (Fsp3) is 0.938. The van der Waals surface area contributed by atoms with Crippen LogP contribution in [0.15, 0.2) is 0 Å². The van der Waals surface area contributed by atoms with Gasteiger partial charge in [-0.1, -0.05) is 12.8 Å². The highest BCUT2D eigenvalue weighted by Crippen LogP contribution is 2.50. The molecule has 3 aliphatic rings. The first-order valence-corrected chi connectivity index (χ1v) is 8.16. The van der Waals surface area contributed by atoms with Gasteiger partial charge in [0.25, 0.3) is 0 Å². The van der Waals surface area contributed by atoms with Crippen LogP contribution in [0, 0.1) is 5.41 Å². The van der Waals surface area contributed by atoms with Gasteiger partial charge in [0.2, 0.25) is 0 Å². The minimum atomic E-state index is -0.625. The van der Waals surface area contributed by atoms with Crippen molar-refractivity contribution in [1.29, 1.82) is 0 Å². The summed E-state index contributed by atoms with van der Waals surface area (Å²) < 4.78 is 0. The number of carboxylic acids is 1. The molecule has 1 atom stereocenters. The second kappa shape index (κ2) is 5.43. The van der Waals surface area contributed by atoms with Crippen molar-refractivity contribution in [3.8, 4) is 0 Å². The van der Waals surface area contributed by atoms with Crippen LogP contribution in [0.2, 0.25) is 0 Å². The van der Waals surface area contributed by atoms with Gasteiger partial charge in [0.15, 0.2) is 0 Å². The summed E-state index contributed by atoms with van der Waals surface area (Å²) >= 11 is 0. The van der Waals surface area contributed by atoms with Gasteiger partial charge < -0.3 is 5.11 Å². The van der Waals surface area contributed by atoms with E-state index in [0.29, 0.717) is 23.9 Å². The molecule has 0 aromatic rings. The van der Waals surface area contributed by atoms with Crippen molar-refractivity contribution >= 4 is 5.97 Å². The molecule has 3 nitrogen and oxygen atoms in total. The smallest absolute Gasteiger partial charge is 0.304 e. The third-order valence-electron chi connectivity index (χ3n) is 5.98. The van der Waals surface area contributed by atoms with Gasteiger partial charge in [-0.05, 0) is 63.3 Å². The lowest BCUT2D eigenvalue weighted by atomic mass is 9.71. The average Bonchev–Trinajstić information content (AvgIpc) is 3.00. The van der Waals surface area contributed by atoms with Crippen molar-refractivity contribution in [3.63, 3.8) is 0 Å². The number of nitrogens with zero attached hydrogens (tertiary/aromatic N) is 1. The second-order valence-corrected chi connectivity index (χ2v) is 7.07. The third kappa shape index (κ3) is 2.81. The largest absolute Gasteiger partial charge is 0.481 e. The molecule has 1 aliphatic heterocycles. The van der Waals surface area contributed by atoms with Gasteiger partial charge in [-0.25, -0.2) is 0 Å². The summed E-state index contributed by atoms with van der Waals surface area (Å²) in [5.41, 5.74) is 0.693. The van der Waals surface area contributed by atoms with Gasteiger partial charge in [0, 0.05) is 12.1 Å². The summed E-state index contributed by atoms with van der Waals surface area (Å²) in [7, 11) is 0. The molecule has 2 saturated carbocycles. The molecule has 1 unspecified atom stereocenters. The molecular formula is C16H27NO2. The van der Waals surface area contributed by atoms with E-state index in [9.17, 15) is 4.79 Å². The summed E-state index contributed by atoms with van der Waals surface area (Å²) in [5.74, 6) is -0.625. The highest BCUT2D eigenvalue weighted by atomic mass is 16.4. The molecule has 0 amide bonds. The zero-order chi connectivity index (χ0) is 13.3. The maximum absolute atomic E-state index is 11.0. The van der Waals surface area contributed by atoms with Crippen LogP contribution in [0.3, 0.4) is 0 Å². The summed E-state index contributed by atoms with van der Waals surface area (Å²) in [6.07, 6.45) is 13.9. The molecule has 0 aromatic carbocycles. The molecule has 0 radical (unpaired) electrons. The quantitative estimate of drug-likeness (QED) is 0.850. The Hall–Kier alpha value is -0.570. The van der Waals surface area contributed by atoms with E-state index < -0.39 is 5.97 Å². The lowest BCUT2D eigenvalue weighted by molar-refractivity contribution is -0.138. The van der Waals surface area contributed by atoms with Gasteiger partial charge in [0.1, 0.15) is 0 Å². The lowest BCUT2D eigenvalue weighted by Gasteiger charge is -2.42. The molecule has 19 heavy (non-hydrogen) atoms. The van der Waals surface area contributed by atoms with Crippen molar-refractivity contribution in [2.45, 2.75) is 82.7 Å². The number of hydrogen-bond acceptors (Lipinski definition) is 2. The zero-order valence-electron chi connectivity index (χ0n) is 11.9. The lowest BCUT2D eigenvalue weighted by Crippen LogP contribution is -2.43. The summed E-state index contributed by atoms with van der Waals surface area (Å²) in [6, 6.07) is 0.998. The van der Waals surface area contributed by atoms with Crippen molar-refractivity contribution in [2.75, 3.05) is 6.54 Å². The highest BCUT2D eigenvalue weighted by molar-refractivity contribution is 5.67. The summed E-state index contributed by atoms with van der Waals surface area (Å²) in [4.78, 5) is 13.5. The summed E-state index contributed by atoms with van der Waals surface area (Å²) in [6.45, 7) is 1.13. The molecule has 1 N–H and O–H groups in total. The number of aliphatic carboxylic acids is 1. The standard InChI is InChI=1S/C16H27NO2/c18-15(19)12-14-4-3-11-17(14)13-5-9-16(10-6-13)7-1-2-8-16/h13-14H,1-12H2,(H,18,19). The number of hydrogen-bond donors (Lipinski definition) is 1. The normalized spacial score (nSPS) is 32.1. The molecule has 108 valence electrons. The Bertz CT molecular complexity index is 326. The minimum absolute atomic E-state index is 0.320. The van der Waals surface area contributed by atoms with E-state index in [-0.39, 0.29) is 0 Å². The summed E-state index contributed by atoms with van der Waals surface area (Å²) in [5, 5.41) is 9.03. The van der Waals surface area contributed by atoms with Crippen molar-refractivity contribution < 1.29 is 9.90 Å². The van der Waals surface area contributed by atoms with Crippen molar-refractivity contribution in [2.24, 2.45) is 5.41 Å². The first-order chi connectivity index (χ1) is 9.19. The molecule has 1 heterocycles. The average molecular weight is 265 g/mol. The zero-order valence-corrected chi connectivity index (χ0v) is 11.9. The molecule has 0 aromatic heterocycles. The maximum Gasteiger partial charge on any atom is 0.304 e. The van der Waals surface area contributed by atoms with E-state index in [1.54, 1.807) is 0 Å². The predicted molar refractivity (Wildman–Crippen MR) is 75.1 cm³/mol. The van der Waals surface area contributed by atoms with E-state index in [0.717, 1.165) is 13.0 Å². The van der Waals surface area contributed by atoms with Gasteiger partial charge in [0.05, 0.1) is 6.42 Å². The van der Waals surface area contributed by atoms with Crippen LogP contribution in [0.25, 0.3) is 0 Å². The Morgan fingerprint density at radius 1 is 1.05 bits per heavy atom. The van der Waals surface area contributed by atoms with Gasteiger partial charge in [-0.3, -0.25) is 9.69 Å². The topological polar surface area (TPSA) is 40.5 Å². The molecule has 3 fully saturated rings. The molecule has 3 heteroatoms. The minimum Gasteiger partial charge on any atom is -0.481 e. The molecule has 0 bridgehead atoms. The van der Waals surface area contributed by atoms with Crippen LogP contribution in [0.5, 0.6) is 0 Å². The fourth-order valence-electron chi connectivity index (χ4n) is 4.93. The van der Waals surface area contributed by atoms with Gasteiger partial charge >= 0.3 is 5.97 Å². The van der Waals surface area contributed by atoms with Crippen LogP contribution in [-0.4, -0.2) is 34.6 Å². The van der Waals surface area contributed by atoms with E-state index >= 15 is 0 Å². The monoisotopic (exact) mass is 265 g/mol. The number of likely N-dealkylation sites (tertiary alicyclic amines) is 1. The predicted octanol–water partition coefficient (Wildman–Crippen LogP) is 3.43. The Kier molecular flexibility index (Phi) is 3.84. The molecule has 3 rings (SSSR count). The SMILES string of the molecule is O=C(O)CC1CCCN1C1CCC2(CCCC2)CC1. The van der Waals surface area contributed by atoms with Crippen LogP contribution in [-0.2, 0) is 4.79 Å². The molecular weight excluding hydrogens is 238 g/mol. The van der Waals surface area contributed by atoms with Crippen molar-refractivity contribution in [3.05, 3.63) is 0 Å². The Morgan fingerprint density at radius 2 is 1.74 bits per heavy atom. The Labute approximate surface area is 116 Å². The molecule has 1 saturated heterocycles. The maximum atomic E-state index is 11.0. The Balaban J connectivity index is 1.56. The highest BCUT2D eigenvalue weighted by Gasteiger charge is 2.41. The fourth-order valence-corrected chi connectivity index (χ4v) is 4.93.